The maximum absolute atomic E-state index is 11.3. The van der Waals surface area contributed by atoms with Gasteiger partial charge in [0.1, 0.15) is 6.10 Å². The smallest absolute Gasteiger partial charge is 0.378 e. The average Bonchev–Trinajstić information content (AvgIpc) is 2.87. The Morgan fingerprint density at radius 2 is 1.58 bits per heavy atom. The van der Waals surface area contributed by atoms with Gasteiger partial charge in [0.2, 0.25) is 5.76 Å². The van der Waals surface area contributed by atoms with Gasteiger partial charge < -0.3 is 24.8 Å². The summed E-state index contributed by atoms with van der Waals surface area (Å²) in [5.74, 6) is -1.61. The van der Waals surface area contributed by atoms with Gasteiger partial charge in [-0.3, -0.25) is 0 Å². The molecule has 0 aliphatic carbocycles. The Labute approximate surface area is 144 Å². The Morgan fingerprint density at radius 3 is 2.12 bits per heavy atom. The third-order valence-corrected chi connectivity index (χ3v) is 4.21. The van der Waals surface area contributed by atoms with Crippen LogP contribution in [0.1, 0.15) is 71.1 Å². The second-order valence-corrected chi connectivity index (χ2v) is 6.32. The first-order valence-corrected chi connectivity index (χ1v) is 9.17. The lowest BCUT2D eigenvalue weighted by Gasteiger charge is -2.18. The van der Waals surface area contributed by atoms with Crippen LogP contribution in [0.2, 0.25) is 0 Å². The van der Waals surface area contributed by atoms with E-state index in [2.05, 4.69) is 6.92 Å². The van der Waals surface area contributed by atoms with E-state index < -0.39 is 30.5 Å². The summed E-state index contributed by atoms with van der Waals surface area (Å²) in [7, 11) is 0. The van der Waals surface area contributed by atoms with Gasteiger partial charge in [-0.1, -0.05) is 64.7 Å². The predicted octanol–water partition coefficient (Wildman–Crippen LogP) is 2.97. The summed E-state index contributed by atoms with van der Waals surface area (Å²) >= 11 is 0. The Kier molecular flexibility index (Phi) is 10.5. The highest BCUT2D eigenvalue weighted by molar-refractivity contribution is 5.89. The second kappa shape index (κ2) is 12.1. The Bertz CT molecular complexity index is 393. The van der Waals surface area contributed by atoms with Crippen LogP contribution in [0.25, 0.3) is 0 Å². The van der Waals surface area contributed by atoms with Gasteiger partial charge in [0, 0.05) is 0 Å². The Balaban J connectivity index is 2.10. The van der Waals surface area contributed by atoms with Crippen molar-refractivity contribution in [2.24, 2.45) is 0 Å². The highest BCUT2D eigenvalue weighted by Gasteiger charge is 2.40. The fourth-order valence-corrected chi connectivity index (χ4v) is 2.73. The zero-order chi connectivity index (χ0) is 17.8. The minimum absolute atomic E-state index is 0.0718. The van der Waals surface area contributed by atoms with Crippen LogP contribution in [0.4, 0.5) is 0 Å². The molecule has 1 aliphatic heterocycles. The molecule has 0 amide bonds. The number of hydrogen-bond donors (Lipinski definition) is 3. The summed E-state index contributed by atoms with van der Waals surface area (Å²) in [5, 5.41) is 28.2. The summed E-state index contributed by atoms with van der Waals surface area (Å²) in [6.07, 6.45) is 9.61. The fourth-order valence-electron chi connectivity index (χ4n) is 2.73. The van der Waals surface area contributed by atoms with Crippen LogP contribution in [0.15, 0.2) is 11.5 Å². The molecule has 0 saturated carbocycles. The summed E-state index contributed by atoms with van der Waals surface area (Å²) in [6.45, 7) is 2.00. The fraction of sp³-hybridized carbons (Fsp3) is 0.833. The van der Waals surface area contributed by atoms with Crippen LogP contribution < -0.4 is 0 Å². The molecule has 6 heteroatoms. The number of unbranched alkanes of at least 4 members (excludes halogenated alkanes) is 9. The summed E-state index contributed by atoms with van der Waals surface area (Å²) in [4.78, 5) is 11.3. The first kappa shape index (κ1) is 20.8. The number of carbonyl (C=O) groups is 1. The topological polar surface area (TPSA) is 96.2 Å². The molecule has 140 valence electrons. The zero-order valence-electron chi connectivity index (χ0n) is 14.7. The molecule has 1 heterocycles. The van der Waals surface area contributed by atoms with Gasteiger partial charge in [-0.05, 0) is 6.42 Å². The number of hydrogen-bond acceptors (Lipinski definition) is 6. The molecule has 2 atom stereocenters. The van der Waals surface area contributed by atoms with Gasteiger partial charge in [0.25, 0.3) is 0 Å². The van der Waals surface area contributed by atoms with Gasteiger partial charge >= 0.3 is 5.97 Å². The van der Waals surface area contributed by atoms with Gasteiger partial charge in [0.15, 0.2) is 11.9 Å². The molecule has 0 aromatic carbocycles. The third-order valence-electron chi connectivity index (χ3n) is 4.21. The van der Waals surface area contributed by atoms with Crippen molar-refractivity contribution in [3.63, 3.8) is 0 Å². The quantitative estimate of drug-likeness (QED) is 0.331. The molecule has 0 fully saturated rings. The van der Waals surface area contributed by atoms with E-state index in [9.17, 15) is 15.0 Å². The monoisotopic (exact) mass is 344 g/mol. The van der Waals surface area contributed by atoms with Crippen LogP contribution in [0.5, 0.6) is 0 Å². The molecule has 0 bridgehead atoms. The number of carbonyl (C=O) groups excluding carboxylic acids is 1. The number of esters is 1. The molecule has 0 aromatic rings. The third kappa shape index (κ3) is 7.09. The van der Waals surface area contributed by atoms with Crippen molar-refractivity contribution in [2.45, 2.75) is 83.3 Å². The van der Waals surface area contributed by atoms with Crippen molar-refractivity contribution in [1.29, 1.82) is 0 Å². The molecule has 0 unspecified atom stereocenters. The number of aliphatic hydroxyl groups is 3. The van der Waals surface area contributed by atoms with Crippen molar-refractivity contribution in [3.05, 3.63) is 11.5 Å². The van der Waals surface area contributed by atoms with E-state index >= 15 is 0 Å². The van der Waals surface area contributed by atoms with Crippen LogP contribution in [0.3, 0.4) is 0 Å². The number of rotatable bonds is 14. The number of cyclic esters (lactones) is 1. The largest absolute Gasteiger partial charge is 0.499 e. The highest BCUT2D eigenvalue weighted by atomic mass is 16.6. The summed E-state index contributed by atoms with van der Waals surface area (Å²) < 4.78 is 10.2. The van der Waals surface area contributed by atoms with Crippen molar-refractivity contribution >= 4 is 5.97 Å². The average molecular weight is 344 g/mol. The van der Waals surface area contributed by atoms with Gasteiger partial charge in [-0.25, -0.2) is 4.79 Å². The lowest BCUT2D eigenvalue weighted by molar-refractivity contribution is -0.148. The predicted molar refractivity (Wildman–Crippen MR) is 90.4 cm³/mol. The highest BCUT2D eigenvalue weighted by Crippen LogP contribution is 2.25. The van der Waals surface area contributed by atoms with Gasteiger partial charge in [0.05, 0.1) is 13.2 Å². The normalized spacial score (nSPS) is 18.8. The molecule has 0 saturated heterocycles. The Morgan fingerprint density at radius 1 is 1.04 bits per heavy atom. The minimum atomic E-state index is -1.29. The van der Waals surface area contributed by atoms with Gasteiger partial charge in [-0.2, -0.15) is 0 Å². The van der Waals surface area contributed by atoms with E-state index in [0.717, 1.165) is 19.3 Å². The first-order chi connectivity index (χ1) is 11.6. The van der Waals surface area contributed by atoms with E-state index in [1.165, 1.54) is 44.9 Å². The van der Waals surface area contributed by atoms with Crippen molar-refractivity contribution < 1.29 is 29.6 Å². The number of aliphatic hydroxyl groups excluding tert-OH is 3. The summed E-state index contributed by atoms with van der Waals surface area (Å²) in [6, 6.07) is 0. The SMILES string of the molecule is CCCCCCCCCCCCOC1=C(O)C(=O)O[C@@H]1[C@@H](O)CO. The van der Waals surface area contributed by atoms with Crippen LogP contribution >= 0.6 is 0 Å². The van der Waals surface area contributed by atoms with Crippen LogP contribution in [-0.2, 0) is 14.3 Å². The molecule has 6 nitrogen and oxygen atoms in total. The molecule has 3 N–H and O–H groups in total. The van der Waals surface area contributed by atoms with E-state index in [0.29, 0.717) is 6.61 Å². The maximum Gasteiger partial charge on any atom is 0.378 e. The zero-order valence-corrected chi connectivity index (χ0v) is 14.7. The molecular formula is C18H32O6. The molecule has 1 aliphatic rings. The first-order valence-electron chi connectivity index (χ1n) is 9.17. The molecular weight excluding hydrogens is 312 g/mol. The molecule has 24 heavy (non-hydrogen) atoms. The van der Waals surface area contributed by atoms with Gasteiger partial charge in [-0.15, -0.1) is 0 Å². The van der Waals surface area contributed by atoms with Crippen LogP contribution in [-0.4, -0.2) is 46.7 Å². The number of ether oxygens (including phenoxy) is 2. The molecule has 0 aromatic heterocycles. The summed E-state index contributed by atoms with van der Waals surface area (Å²) in [5.41, 5.74) is 0. The van der Waals surface area contributed by atoms with Crippen LogP contribution in [0, 0.1) is 0 Å². The minimum Gasteiger partial charge on any atom is -0.499 e. The Hall–Kier alpha value is -1.27. The maximum atomic E-state index is 11.3. The molecule has 0 radical (unpaired) electrons. The van der Waals surface area contributed by atoms with Crippen molar-refractivity contribution in [2.75, 3.05) is 13.2 Å². The molecule has 0 spiro atoms. The van der Waals surface area contributed by atoms with E-state index in [1.54, 1.807) is 0 Å². The second-order valence-electron chi connectivity index (χ2n) is 6.32. The van der Waals surface area contributed by atoms with E-state index in [1.807, 2.05) is 0 Å². The lowest BCUT2D eigenvalue weighted by atomic mass is 10.1. The van der Waals surface area contributed by atoms with Crippen molar-refractivity contribution in [3.8, 4) is 0 Å². The van der Waals surface area contributed by atoms with E-state index in [-0.39, 0.29) is 5.76 Å². The lowest BCUT2D eigenvalue weighted by Crippen LogP contribution is -2.32. The standard InChI is InChI=1S/C18H32O6/c1-2-3-4-5-6-7-8-9-10-11-12-23-17-15(21)18(22)24-16(17)14(20)13-19/h14,16,19-21H,2-13H2,1H3/t14-,16+/m0/s1. The van der Waals surface area contributed by atoms with Crippen molar-refractivity contribution in [1.82, 2.24) is 0 Å². The molecule has 1 rings (SSSR count). The van der Waals surface area contributed by atoms with E-state index in [4.69, 9.17) is 14.6 Å².